The molecule has 6 nitrogen and oxygen atoms in total. The summed E-state index contributed by atoms with van der Waals surface area (Å²) in [7, 11) is 1.86. The molecule has 0 saturated carbocycles. The molecule has 4 rings (SSSR count). The highest BCUT2D eigenvalue weighted by Gasteiger charge is 2.53. The Balaban J connectivity index is 1.48. The zero-order valence-electron chi connectivity index (χ0n) is 17.7. The summed E-state index contributed by atoms with van der Waals surface area (Å²) in [6.45, 7) is 1.15. The number of benzene rings is 3. The number of ether oxygens (including phenoxy) is 1. The number of rotatable bonds is 8. The predicted octanol–water partition coefficient (Wildman–Crippen LogP) is 4.21. The van der Waals surface area contributed by atoms with Crippen LogP contribution in [0.1, 0.15) is 11.1 Å². The standard InChI is InChI=1S/C25H24BrN3O3/c1-28(16-17-32-22-14-12-21(26)13-15-22)18-29-23(30)25(27-24(29)31,19-8-4-2-5-9-19)20-10-6-3-7-11-20/h2-15H,16-18H2,1H3,(H,27,31). The molecule has 0 radical (unpaired) electrons. The third-order valence-corrected chi connectivity index (χ3v) is 5.99. The molecule has 1 saturated heterocycles. The van der Waals surface area contributed by atoms with Crippen molar-refractivity contribution in [3.05, 3.63) is 101 Å². The fourth-order valence-corrected chi connectivity index (χ4v) is 4.07. The highest BCUT2D eigenvalue weighted by molar-refractivity contribution is 9.10. The Hall–Kier alpha value is -3.16. The minimum Gasteiger partial charge on any atom is -0.492 e. The first kappa shape index (κ1) is 22.0. The number of carbonyl (C=O) groups excluding carboxylic acids is 2. The van der Waals surface area contributed by atoms with Crippen LogP contribution in [0, 0.1) is 0 Å². The van der Waals surface area contributed by atoms with Crippen molar-refractivity contribution in [3.8, 4) is 5.75 Å². The molecule has 1 heterocycles. The number of halogens is 1. The smallest absolute Gasteiger partial charge is 0.326 e. The van der Waals surface area contributed by atoms with Gasteiger partial charge < -0.3 is 10.1 Å². The largest absolute Gasteiger partial charge is 0.492 e. The Bertz CT molecular complexity index is 1040. The van der Waals surface area contributed by atoms with Crippen molar-refractivity contribution < 1.29 is 14.3 Å². The number of amides is 3. The summed E-state index contributed by atoms with van der Waals surface area (Å²) in [4.78, 5) is 29.8. The van der Waals surface area contributed by atoms with Gasteiger partial charge in [-0.3, -0.25) is 9.69 Å². The molecule has 32 heavy (non-hydrogen) atoms. The van der Waals surface area contributed by atoms with Gasteiger partial charge in [0.2, 0.25) is 0 Å². The third-order valence-electron chi connectivity index (χ3n) is 5.46. The van der Waals surface area contributed by atoms with Crippen LogP contribution in [-0.2, 0) is 10.3 Å². The first-order chi connectivity index (χ1) is 15.5. The van der Waals surface area contributed by atoms with Crippen molar-refractivity contribution in [1.29, 1.82) is 0 Å². The zero-order valence-corrected chi connectivity index (χ0v) is 19.3. The minimum atomic E-state index is -1.24. The molecule has 0 spiro atoms. The molecular formula is C25H24BrN3O3. The SMILES string of the molecule is CN(CCOc1ccc(Br)cc1)CN1C(=O)NC(c2ccccc2)(c2ccccc2)C1=O. The van der Waals surface area contributed by atoms with Gasteiger partial charge in [0.15, 0.2) is 5.54 Å². The fourth-order valence-electron chi connectivity index (χ4n) is 3.80. The second-order valence-corrected chi connectivity index (χ2v) is 8.58. The Morgan fingerprint density at radius 2 is 1.47 bits per heavy atom. The maximum absolute atomic E-state index is 13.7. The van der Waals surface area contributed by atoms with Gasteiger partial charge in [0.05, 0.1) is 6.67 Å². The maximum atomic E-state index is 13.7. The molecule has 0 unspecified atom stereocenters. The van der Waals surface area contributed by atoms with Crippen LogP contribution >= 0.6 is 15.9 Å². The number of urea groups is 1. The van der Waals surface area contributed by atoms with Gasteiger partial charge >= 0.3 is 6.03 Å². The van der Waals surface area contributed by atoms with Crippen LogP contribution < -0.4 is 10.1 Å². The van der Waals surface area contributed by atoms with E-state index in [4.69, 9.17) is 4.74 Å². The van der Waals surface area contributed by atoms with Gasteiger partial charge in [0.25, 0.3) is 5.91 Å². The van der Waals surface area contributed by atoms with E-state index >= 15 is 0 Å². The lowest BCUT2D eigenvalue weighted by molar-refractivity contribution is -0.131. The molecular weight excluding hydrogens is 470 g/mol. The quantitative estimate of drug-likeness (QED) is 0.477. The topological polar surface area (TPSA) is 61.9 Å². The molecule has 0 bridgehead atoms. The number of imide groups is 1. The molecule has 3 aromatic carbocycles. The monoisotopic (exact) mass is 493 g/mol. The number of hydrogen-bond donors (Lipinski definition) is 1. The summed E-state index contributed by atoms with van der Waals surface area (Å²) in [5, 5.41) is 2.97. The molecule has 164 valence electrons. The number of nitrogens with zero attached hydrogens (tertiary/aromatic N) is 2. The molecule has 1 aliphatic rings. The van der Waals surface area contributed by atoms with Gasteiger partial charge in [-0.1, -0.05) is 76.6 Å². The fraction of sp³-hybridized carbons (Fsp3) is 0.200. The molecule has 7 heteroatoms. The summed E-state index contributed by atoms with van der Waals surface area (Å²) >= 11 is 3.40. The van der Waals surface area contributed by atoms with Crippen molar-refractivity contribution in [1.82, 2.24) is 15.1 Å². The van der Waals surface area contributed by atoms with E-state index in [-0.39, 0.29) is 12.6 Å². The van der Waals surface area contributed by atoms with E-state index in [9.17, 15) is 9.59 Å². The molecule has 0 aromatic heterocycles. The van der Waals surface area contributed by atoms with E-state index in [0.29, 0.717) is 13.2 Å². The first-order valence-electron chi connectivity index (χ1n) is 10.3. The summed E-state index contributed by atoms with van der Waals surface area (Å²) < 4.78 is 6.75. The van der Waals surface area contributed by atoms with Crippen LogP contribution in [0.15, 0.2) is 89.4 Å². The Kier molecular flexibility index (Phi) is 6.58. The van der Waals surface area contributed by atoms with Crippen molar-refractivity contribution in [2.45, 2.75) is 5.54 Å². The summed E-state index contributed by atoms with van der Waals surface area (Å²) in [5.74, 6) is 0.476. The molecule has 3 amide bonds. The van der Waals surface area contributed by atoms with Crippen LogP contribution in [0.25, 0.3) is 0 Å². The predicted molar refractivity (Wildman–Crippen MR) is 126 cm³/mol. The van der Waals surface area contributed by atoms with E-state index in [0.717, 1.165) is 21.3 Å². The lowest BCUT2D eigenvalue weighted by Gasteiger charge is -2.28. The maximum Gasteiger partial charge on any atom is 0.326 e. The van der Waals surface area contributed by atoms with Gasteiger partial charge in [0, 0.05) is 11.0 Å². The van der Waals surface area contributed by atoms with Gasteiger partial charge in [0.1, 0.15) is 12.4 Å². The lowest BCUT2D eigenvalue weighted by Crippen LogP contribution is -2.46. The molecule has 1 fully saturated rings. The van der Waals surface area contributed by atoms with E-state index in [1.807, 2.05) is 96.9 Å². The summed E-state index contributed by atoms with van der Waals surface area (Å²) in [6, 6.07) is 25.9. The average molecular weight is 494 g/mol. The van der Waals surface area contributed by atoms with Gasteiger partial charge in [-0.15, -0.1) is 0 Å². The second kappa shape index (κ2) is 9.54. The minimum absolute atomic E-state index is 0.162. The van der Waals surface area contributed by atoms with Gasteiger partial charge in [-0.2, -0.15) is 0 Å². The van der Waals surface area contributed by atoms with E-state index in [1.54, 1.807) is 0 Å². The van der Waals surface area contributed by atoms with Crippen LogP contribution in [0.2, 0.25) is 0 Å². The first-order valence-corrected chi connectivity index (χ1v) is 11.1. The van der Waals surface area contributed by atoms with Gasteiger partial charge in [-0.25, -0.2) is 9.69 Å². The summed E-state index contributed by atoms with van der Waals surface area (Å²) in [6.07, 6.45) is 0. The van der Waals surface area contributed by atoms with E-state index < -0.39 is 11.6 Å². The zero-order chi connectivity index (χ0) is 22.6. The lowest BCUT2D eigenvalue weighted by atomic mass is 9.83. The molecule has 0 atom stereocenters. The number of nitrogens with one attached hydrogen (secondary N) is 1. The van der Waals surface area contributed by atoms with Crippen LogP contribution in [0.5, 0.6) is 5.75 Å². The molecule has 1 N–H and O–H groups in total. The highest BCUT2D eigenvalue weighted by atomic mass is 79.9. The Morgan fingerprint density at radius 3 is 2.03 bits per heavy atom. The number of carbonyl (C=O) groups is 2. The Morgan fingerprint density at radius 1 is 0.906 bits per heavy atom. The van der Waals surface area contributed by atoms with Crippen molar-refractivity contribution in [2.24, 2.45) is 0 Å². The molecule has 3 aromatic rings. The van der Waals surface area contributed by atoms with Crippen molar-refractivity contribution >= 4 is 27.9 Å². The van der Waals surface area contributed by atoms with E-state index in [1.165, 1.54) is 4.90 Å². The van der Waals surface area contributed by atoms with Crippen LogP contribution in [0.4, 0.5) is 4.79 Å². The van der Waals surface area contributed by atoms with Crippen molar-refractivity contribution in [2.75, 3.05) is 26.9 Å². The number of likely N-dealkylation sites (N-methyl/N-ethyl adjacent to an activating group) is 1. The second-order valence-electron chi connectivity index (χ2n) is 7.67. The van der Waals surface area contributed by atoms with E-state index in [2.05, 4.69) is 21.2 Å². The molecule has 1 aliphatic heterocycles. The Labute approximate surface area is 195 Å². The number of hydrogen-bond acceptors (Lipinski definition) is 4. The van der Waals surface area contributed by atoms with Crippen LogP contribution in [0.3, 0.4) is 0 Å². The highest BCUT2D eigenvalue weighted by Crippen LogP contribution is 2.35. The van der Waals surface area contributed by atoms with Crippen molar-refractivity contribution in [3.63, 3.8) is 0 Å². The average Bonchev–Trinajstić information content (AvgIpc) is 3.07. The summed E-state index contributed by atoms with van der Waals surface area (Å²) in [5.41, 5.74) is 0.218. The molecule has 0 aliphatic carbocycles. The van der Waals surface area contributed by atoms with Crippen LogP contribution in [-0.4, -0.2) is 48.6 Å². The third kappa shape index (κ3) is 4.40. The normalized spacial score (nSPS) is 15.2. The van der Waals surface area contributed by atoms with Gasteiger partial charge in [-0.05, 0) is 42.4 Å².